The topological polar surface area (TPSA) is 46.2 Å². The van der Waals surface area contributed by atoms with Crippen LogP contribution in [0, 0.1) is 23.5 Å². The molecule has 112 valence electrons. The highest BCUT2D eigenvalue weighted by Crippen LogP contribution is 2.42. The molecule has 0 radical (unpaired) electrons. The molecule has 1 saturated heterocycles. The van der Waals surface area contributed by atoms with Gasteiger partial charge in [0.25, 0.3) is 0 Å². The van der Waals surface area contributed by atoms with Crippen molar-refractivity contribution in [3.8, 4) is 0 Å². The van der Waals surface area contributed by atoms with Crippen LogP contribution in [0.15, 0.2) is 18.2 Å². The Kier molecular flexibility index (Phi) is 3.74. The second-order valence-electron chi connectivity index (χ2n) is 5.97. The molecule has 0 bridgehead atoms. The van der Waals surface area contributed by atoms with Crippen LogP contribution in [0.5, 0.6) is 0 Å². The van der Waals surface area contributed by atoms with Gasteiger partial charge in [0.1, 0.15) is 0 Å². The lowest BCUT2D eigenvalue weighted by molar-refractivity contribution is -0.138. The second-order valence-corrected chi connectivity index (χ2v) is 5.97. The number of halogens is 2. The molecule has 5 heteroatoms. The van der Waals surface area contributed by atoms with Crippen LogP contribution in [0.1, 0.15) is 43.6 Å². The number of amides is 2. The summed E-state index contributed by atoms with van der Waals surface area (Å²) >= 11 is 0. The number of carbonyl (C=O) groups excluding carboxylic acids is 2. The third-order valence-electron chi connectivity index (χ3n) is 4.68. The molecule has 3 rings (SSSR count). The normalized spacial score (nSPS) is 27.0. The first kappa shape index (κ1) is 14.2. The lowest BCUT2D eigenvalue weighted by Crippen LogP contribution is -2.47. The fourth-order valence-electron chi connectivity index (χ4n) is 3.71. The quantitative estimate of drug-likeness (QED) is 0.852. The Hall–Kier alpha value is -1.78. The lowest BCUT2D eigenvalue weighted by Gasteiger charge is -2.34. The molecule has 0 aromatic heterocycles. The van der Waals surface area contributed by atoms with Crippen LogP contribution in [0.2, 0.25) is 0 Å². The SMILES string of the molecule is O=C1CC(c2ccc(F)c(F)c2)C(C2CCCC2)C(=O)N1. The van der Waals surface area contributed by atoms with Gasteiger partial charge in [-0.05, 0) is 36.5 Å². The van der Waals surface area contributed by atoms with Crippen LogP contribution in [0.25, 0.3) is 0 Å². The second kappa shape index (κ2) is 5.54. The van der Waals surface area contributed by atoms with E-state index < -0.39 is 11.6 Å². The molecule has 1 saturated carbocycles. The van der Waals surface area contributed by atoms with Gasteiger partial charge in [-0.3, -0.25) is 14.9 Å². The fraction of sp³-hybridized carbons (Fsp3) is 0.500. The Morgan fingerprint density at radius 1 is 1.05 bits per heavy atom. The summed E-state index contributed by atoms with van der Waals surface area (Å²) in [6.07, 6.45) is 4.21. The van der Waals surface area contributed by atoms with E-state index in [4.69, 9.17) is 0 Å². The predicted molar refractivity (Wildman–Crippen MR) is 72.3 cm³/mol. The lowest BCUT2D eigenvalue weighted by atomic mass is 9.73. The van der Waals surface area contributed by atoms with E-state index in [1.807, 2.05) is 0 Å². The first-order valence-electron chi connectivity index (χ1n) is 7.35. The van der Waals surface area contributed by atoms with E-state index in [9.17, 15) is 18.4 Å². The molecule has 1 aromatic rings. The maximum absolute atomic E-state index is 13.5. The highest BCUT2D eigenvalue weighted by atomic mass is 19.2. The van der Waals surface area contributed by atoms with Crippen molar-refractivity contribution in [3.63, 3.8) is 0 Å². The van der Waals surface area contributed by atoms with E-state index in [2.05, 4.69) is 5.32 Å². The molecule has 2 atom stereocenters. The van der Waals surface area contributed by atoms with E-state index in [1.54, 1.807) is 0 Å². The van der Waals surface area contributed by atoms with Crippen molar-refractivity contribution in [3.05, 3.63) is 35.4 Å². The molecule has 1 aliphatic heterocycles. The highest BCUT2D eigenvalue weighted by Gasteiger charge is 2.42. The summed E-state index contributed by atoms with van der Waals surface area (Å²) in [6.45, 7) is 0. The van der Waals surface area contributed by atoms with Gasteiger partial charge in [-0.2, -0.15) is 0 Å². The van der Waals surface area contributed by atoms with Crippen molar-refractivity contribution in [1.82, 2.24) is 5.32 Å². The van der Waals surface area contributed by atoms with Gasteiger partial charge in [-0.1, -0.05) is 18.9 Å². The Labute approximate surface area is 121 Å². The molecule has 2 aliphatic rings. The third kappa shape index (κ3) is 2.69. The maximum Gasteiger partial charge on any atom is 0.230 e. The molecule has 1 aliphatic carbocycles. The summed E-state index contributed by atoms with van der Waals surface area (Å²) in [6, 6.07) is 3.66. The van der Waals surface area contributed by atoms with Crippen molar-refractivity contribution in [2.75, 3.05) is 0 Å². The van der Waals surface area contributed by atoms with Gasteiger partial charge in [-0.15, -0.1) is 0 Å². The minimum atomic E-state index is -0.934. The highest BCUT2D eigenvalue weighted by molar-refractivity contribution is 6.00. The Morgan fingerprint density at radius 3 is 2.43 bits per heavy atom. The molecule has 21 heavy (non-hydrogen) atoms. The van der Waals surface area contributed by atoms with E-state index in [0.29, 0.717) is 5.56 Å². The first-order valence-corrected chi connectivity index (χ1v) is 7.35. The summed E-state index contributed by atoms with van der Waals surface area (Å²) in [5, 5.41) is 2.39. The van der Waals surface area contributed by atoms with Crippen molar-refractivity contribution < 1.29 is 18.4 Å². The number of piperidine rings is 1. The number of imide groups is 1. The van der Waals surface area contributed by atoms with E-state index in [-0.39, 0.29) is 36.0 Å². The first-order chi connectivity index (χ1) is 10.1. The molecule has 1 N–H and O–H groups in total. The van der Waals surface area contributed by atoms with E-state index in [0.717, 1.165) is 37.8 Å². The number of rotatable bonds is 2. The number of benzene rings is 1. The Balaban J connectivity index is 1.95. The molecule has 1 heterocycles. The molecule has 0 spiro atoms. The molecular formula is C16H17F2NO2. The minimum absolute atomic E-state index is 0.151. The van der Waals surface area contributed by atoms with Crippen LogP contribution in [-0.4, -0.2) is 11.8 Å². The largest absolute Gasteiger partial charge is 0.296 e. The van der Waals surface area contributed by atoms with Crippen LogP contribution in [-0.2, 0) is 9.59 Å². The van der Waals surface area contributed by atoms with Crippen molar-refractivity contribution >= 4 is 11.8 Å². The zero-order valence-electron chi connectivity index (χ0n) is 11.6. The van der Waals surface area contributed by atoms with Gasteiger partial charge in [0, 0.05) is 18.3 Å². The van der Waals surface area contributed by atoms with Gasteiger partial charge < -0.3 is 0 Å². The molecular weight excluding hydrogens is 276 g/mol. The smallest absolute Gasteiger partial charge is 0.230 e. The Morgan fingerprint density at radius 2 is 1.76 bits per heavy atom. The summed E-state index contributed by atoms with van der Waals surface area (Å²) in [4.78, 5) is 23.9. The predicted octanol–water partition coefficient (Wildman–Crippen LogP) is 2.90. The molecule has 2 fully saturated rings. The monoisotopic (exact) mass is 293 g/mol. The summed E-state index contributed by atoms with van der Waals surface area (Å²) < 4.78 is 26.6. The van der Waals surface area contributed by atoms with Gasteiger partial charge >= 0.3 is 0 Å². The average molecular weight is 293 g/mol. The molecule has 1 aromatic carbocycles. The van der Waals surface area contributed by atoms with Crippen molar-refractivity contribution in [2.24, 2.45) is 11.8 Å². The zero-order valence-corrected chi connectivity index (χ0v) is 11.6. The van der Waals surface area contributed by atoms with Gasteiger partial charge in [0.2, 0.25) is 11.8 Å². The van der Waals surface area contributed by atoms with Crippen LogP contribution < -0.4 is 5.32 Å². The standard InChI is InChI=1S/C16H17F2NO2/c17-12-6-5-10(7-13(12)18)11-8-14(20)19-16(21)15(11)9-3-1-2-4-9/h5-7,9,11,15H,1-4,8H2,(H,19,20,21). The van der Waals surface area contributed by atoms with Gasteiger partial charge in [0.05, 0.1) is 0 Å². The summed E-state index contributed by atoms with van der Waals surface area (Å²) in [7, 11) is 0. The van der Waals surface area contributed by atoms with Gasteiger partial charge in [-0.25, -0.2) is 8.78 Å². The van der Waals surface area contributed by atoms with Crippen molar-refractivity contribution in [2.45, 2.75) is 38.0 Å². The van der Waals surface area contributed by atoms with E-state index in [1.165, 1.54) is 6.07 Å². The third-order valence-corrected chi connectivity index (χ3v) is 4.68. The van der Waals surface area contributed by atoms with Gasteiger partial charge in [0.15, 0.2) is 11.6 Å². The minimum Gasteiger partial charge on any atom is -0.296 e. The molecule has 2 unspecified atom stereocenters. The van der Waals surface area contributed by atoms with Crippen LogP contribution in [0.4, 0.5) is 8.78 Å². The number of carbonyl (C=O) groups is 2. The number of hydrogen-bond donors (Lipinski definition) is 1. The summed E-state index contributed by atoms with van der Waals surface area (Å²) in [5.41, 5.74) is 0.536. The average Bonchev–Trinajstić information content (AvgIpc) is 2.94. The molecule has 3 nitrogen and oxygen atoms in total. The number of hydrogen-bond acceptors (Lipinski definition) is 2. The number of nitrogens with one attached hydrogen (secondary N) is 1. The van der Waals surface area contributed by atoms with E-state index >= 15 is 0 Å². The zero-order chi connectivity index (χ0) is 15.0. The Bertz CT molecular complexity index is 582. The van der Waals surface area contributed by atoms with Crippen molar-refractivity contribution in [1.29, 1.82) is 0 Å². The fourth-order valence-corrected chi connectivity index (χ4v) is 3.71. The molecule has 2 amide bonds. The van der Waals surface area contributed by atoms with Crippen LogP contribution >= 0.6 is 0 Å². The summed E-state index contributed by atoms with van der Waals surface area (Å²) in [5.74, 6) is -2.92. The maximum atomic E-state index is 13.5. The van der Waals surface area contributed by atoms with Crippen LogP contribution in [0.3, 0.4) is 0 Å².